The molecule has 248 valence electrons. The Bertz CT molecular complexity index is 1040. The van der Waals surface area contributed by atoms with Gasteiger partial charge in [-0.05, 0) is 72.4 Å². The second-order valence-corrected chi connectivity index (χ2v) is 11.8. The average molecular weight is 620 g/mol. The third-order valence-corrected chi connectivity index (χ3v) is 7.98. The molecule has 11 nitrogen and oxygen atoms in total. The second kappa shape index (κ2) is 19.3. The quantitative estimate of drug-likeness (QED) is 0.165. The summed E-state index contributed by atoms with van der Waals surface area (Å²) < 4.78 is 11.2. The van der Waals surface area contributed by atoms with Gasteiger partial charge in [0.25, 0.3) is 0 Å². The number of nitrogens with zero attached hydrogens (tertiary/aromatic N) is 2. The highest BCUT2D eigenvalue weighted by Crippen LogP contribution is 2.29. The Labute approximate surface area is 261 Å². The standard InChI is InChI=1S/C33H53N3O8/c1-24-12-26(32(41)28(14-24)22-43-30(18-37)19-38)16-35-8-3-6-34-7-4-9-36(11-5-10-35)17-27-13-25(2)15-29(33(27)42)23-44-31(20-39)21-40/h12-15,30-31,34,37-42H,3-11,16-23H2,1-2H3. The molecule has 1 saturated heterocycles. The van der Waals surface area contributed by atoms with Gasteiger partial charge in [0.15, 0.2) is 0 Å². The van der Waals surface area contributed by atoms with Gasteiger partial charge < -0.3 is 45.4 Å². The van der Waals surface area contributed by atoms with Crippen LogP contribution in [0.15, 0.2) is 24.3 Å². The lowest BCUT2D eigenvalue weighted by molar-refractivity contribution is -0.0290. The Hall–Kier alpha value is -2.32. The van der Waals surface area contributed by atoms with Crippen molar-refractivity contribution in [2.24, 2.45) is 0 Å². The van der Waals surface area contributed by atoms with Crippen molar-refractivity contribution < 1.29 is 40.1 Å². The molecule has 0 spiro atoms. The predicted molar refractivity (Wildman–Crippen MR) is 168 cm³/mol. The van der Waals surface area contributed by atoms with Crippen molar-refractivity contribution in [3.8, 4) is 11.5 Å². The summed E-state index contributed by atoms with van der Waals surface area (Å²) in [4.78, 5) is 4.73. The topological polar surface area (TPSA) is 158 Å². The Kier molecular flexibility index (Phi) is 15.8. The Morgan fingerprint density at radius 1 is 0.614 bits per heavy atom. The Balaban J connectivity index is 1.68. The molecule has 44 heavy (non-hydrogen) atoms. The van der Waals surface area contributed by atoms with E-state index in [-0.39, 0.29) is 51.1 Å². The van der Waals surface area contributed by atoms with E-state index in [9.17, 15) is 30.6 Å². The van der Waals surface area contributed by atoms with Crippen LogP contribution in [-0.4, -0.2) is 118 Å². The highest BCUT2D eigenvalue weighted by Gasteiger charge is 2.18. The first kappa shape index (κ1) is 36.2. The molecule has 0 unspecified atom stereocenters. The molecule has 1 fully saturated rings. The van der Waals surface area contributed by atoms with Crippen molar-refractivity contribution in [2.45, 2.75) is 71.6 Å². The second-order valence-electron chi connectivity index (χ2n) is 11.8. The summed E-state index contributed by atoms with van der Waals surface area (Å²) in [5.74, 6) is 0.380. The summed E-state index contributed by atoms with van der Waals surface area (Å²) in [6, 6.07) is 7.75. The lowest BCUT2D eigenvalue weighted by Gasteiger charge is -2.28. The van der Waals surface area contributed by atoms with Gasteiger partial charge in [0.2, 0.25) is 0 Å². The molecule has 0 amide bonds. The van der Waals surface area contributed by atoms with Crippen LogP contribution in [0.25, 0.3) is 0 Å². The number of aryl methyl sites for hydroxylation is 2. The van der Waals surface area contributed by atoms with E-state index in [0.717, 1.165) is 80.8 Å². The predicted octanol–water partition coefficient (Wildman–Crippen LogP) is 1.53. The molecule has 1 aliphatic rings. The number of phenolic OH excluding ortho intramolecular Hbond substituents is 2. The van der Waals surface area contributed by atoms with Crippen LogP contribution in [0, 0.1) is 13.8 Å². The normalized spacial score (nSPS) is 16.4. The fraction of sp³-hybridized carbons (Fsp3) is 0.636. The summed E-state index contributed by atoms with van der Waals surface area (Å²) in [7, 11) is 0. The molecule has 0 aromatic heterocycles. The van der Waals surface area contributed by atoms with Gasteiger partial charge >= 0.3 is 0 Å². The van der Waals surface area contributed by atoms with Gasteiger partial charge in [-0.2, -0.15) is 0 Å². The van der Waals surface area contributed by atoms with Crippen LogP contribution in [0.1, 0.15) is 52.6 Å². The highest BCUT2D eigenvalue weighted by atomic mass is 16.5. The number of hydrogen-bond acceptors (Lipinski definition) is 11. The van der Waals surface area contributed by atoms with E-state index in [1.165, 1.54) is 0 Å². The SMILES string of the molecule is Cc1cc(COC(CO)CO)c(O)c(CN2CCCNCCCN(Cc3cc(C)cc(COC(CO)CO)c3O)CCC2)c1. The molecule has 0 saturated carbocycles. The first-order chi connectivity index (χ1) is 21.3. The molecule has 1 aliphatic heterocycles. The summed E-state index contributed by atoms with van der Waals surface area (Å²) in [6.07, 6.45) is 1.54. The summed E-state index contributed by atoms with van der Waals surface area (Å²) in [5, 5.41) is 63.0. The number of hydrogen-bond donors (Lipinski definition) is 7. The lowest BCUT2D eigenvalue weighted by atomic mass is 10.0. The van der Waals surface area contributed by atoms with Gasteiger partial charge in [-0.3, -0.25) is 9.80 Å². The lowest BCUT2D eigenvalue weighted by Crippen LogP contribution is -2.34. The van der Waals surface area contributed by atoms with Crippen LogP contribution in [-0.2, 0) is 35.8 Å². The van der Waals surface area contributed by atoms with Gasteiger partial charge in [-0.25, -0.2) is 0 Å². The monoisotopic (exact) mass is 619 g/mol. The largest absolute Gasteiger partial charge is 0.507 e. The molecular weight excluding hydrogens is 566 g/mol. The molecular formula is C33H53N3O8. The van der Waals surface area contributed by atoms with E-state index in [1.54, 1.807) is 0 Å². The first-order valence-electron chi connectivity index (χ1n) is 15.7. The number of phenols is 2. The van der Waals surface area contributed by atoms with Crippen molar-refractivity contribution in [3.05, 3.63) is 57.6 Å². The van der Waals surface area contributed by atoms with Crippen molar-refractivity contribution in [2.75, 3.05) is 65.7 Å². The molecule has 11 heteroatoms. The molecule has 0 bridgehead atoms. The first-order valence-corrected chi connectivity index (χ1v) is 15.7. The number of aromatic hydroxyl groups is 2. The van der Waals surface area contributed by atoms with E-state index in [2.05, 4.69) is 15.1 Å². The van der Waals surface area contributed by atoms with Gasteiger partial charge in [0.05, 0.1) is 39.6 Å². The highest BCUT2D eigenvalue weighted by molar-refractivity contribution is 5.44. The number of aliphatic hydroxyl groups excluding tert-OH is 4. The third-order valence-electron chi connectivity index (χ3n) is 7.98. The van der Waals surface area contributed by atoms with Crippen LogP contribution in [0.5, 0.6) is 11.5 Å². The van der Waals surface area contributed by atoms with E-state index in [4.69, 9.17) is 9.47 Å². The van der Waals surface area contributed by atoms with E-state index in [0.29, 0.717) is 24.2 Å². The summed E-state index contributed by atoms with van der Waals surface area (Å²) in [6.45, 7) is 9.47. The maximum absolute atomic E-state index is 11.1. The van der Waals surface area contributed by atoms with Gasteiger partial charge in [-0.15, -0.1) is 0 Å². The number of nitrogens with one attached hydrogen (secondary N) is 1. The van der Waals surface area contributed by atoms with Crippen molar-refractivity contribution >= 4 is 0 Å². The van der Waals surface area contributed by atoms with Crippen LogP contribution < -0.4 is 5.32 Å². The molecule has 0 atom stereocenters. The molecule has 0 aliphatic carbocycles. The van der Waals surface area contributed by atoms with Crippen LogP contribution in [0.4, 0.5) is 0 Å². The van der Waals surface area contributed by atoms with Crippen LogP contribution in [0.3, 0.4) is 0 Å². The van der Waals surface area contributed by atoms with E-state index in [1.807, 2.05) is 38.1 Å². The van der Waals surface area contributed by atoms with Crippen LogP contribution >= 0.6 is 0 Å². The molecule has 7 N–H and O–H groups in total. The molecule has 2 aromatic rings. The minimum Gasteiger partial charge on any atom is -0.507 e. The van der Waals surface area contributed by atoms with Crippen molar-refractivity contribution in [3.63, 3.8) is 0 Å². The molecule has 3 rings (SSSR count). The third kappa shape index (κ3) is 11.6. The van der Waals surface area contributed by atoms with E-state index < -0.39 is 12.2 Å². The minimum absolute atomic E-state index is 0.105. The number of rotatable bonds is 14. The zero-order valence-electron chi connectivity index (χ0n) is 26.4. The maximum Gasteiger partial charge on any atom is 0.125 e. The Morgan fingerprint density at radius 2 is 0.977 bits per heavy atom. The maximum atomic E-state index is 11.1. The van der Waals surface area contributed by atoms with E-state index >= 15 is 0 Å². The summed E-state index contributed by atoms with van der Waals surface area (Å²) in [5.41, 5.74) is 4.95. The minimum atomic E-state index is -0.685. The Morgan fingerprint density at radius 3 is 1.36 bits per heavy atom. The van der Waals surface area contributed by atoms with Crippen LogP contribution in [0.2, 0.25) is 0 Å². The fourth-order valence-electron chi connectivity index (χ4n) is 5.59. The molecule has 1 heterocycles. The van der Waals surface area contributed by atoms with Gasteiger partial charge in [0, 0.05) is 35.3 Å². The van der Waals surface area contributed by atoms with Gasteiger partial charge in [0.1, 0.15) is 23.7 Å². The smallest absolute Gasteiger partial charge is 0.125 e. The van der Waals surface area contributed by atoms with Gasteiger partial charge in [-0.1, -0.05) is 35.4 Å². The fourth-order valence-corrected chi connectivity index (χ4v) is 5.59. The van der Waals surface area contributed by atoms with Crippen molar-refractivity contribution in [1.29, 1.82) is 0 Å². The zero-order chi connectivity index (χ0) is 31.9. The number of benzene rings is 2. The molecule has 0 radical (unpaired) electrons. The zero-order valence-corrected chi connectivity index (χ0v) is 26.4. The average Bonchev–Trinajstić information content (AvgIpc) is 3.00. The van der Waals surface area contributed by atoms with Crippen molar-refractivity contribution in [1.82, 2.24) is 15.1 Å². The number of aliphatic hydroxyl groups is 4. The number of ether oxygens (including phenoxy) is 2. The molecule has 2 aromatic carbocycles. The summed E-state index contributed by atoms with van der Waals surface area (Å²) >= 11 is 0.